The summed E-state index contributed by atoms with van der Waals surface area (Å²) >= 11 is 0. The van der Waals surface area contributed by atoms with E-state index in [9.17, 15) is 25.2 Å². The lowest BCUT2D eigenvalue weighted by Crippen LogP contribution is -2.65. The number of aliphatic hydroxyl groups excluding tert-OH is 3. The summed E-state index contributed by atoms with van der Waals surface area (Å²) in [5.74, 6) is 0.455. The first-order valence-electron chi connectivity index (χ1n) is 16.9. The van der Waals surface area contributed by atoms with Crippen LogP contribution in [0.15, 0.2) is 0 Å². The van der Waals surface area contributed by atoms with Crippen LogP contribution in [-0.4, -0.2) is 57.4 Å². The van der Waals surface area contributed by atoms with E-state index in [4.69, 9.17) is 4.74 Å². The van der Waals surface area contributed by atoms with Crippen molar-refractivity contribution in [2.45, 2.75) is 155 Å². The number of aliphatic carboxylic acids is 1. The number of hydrogen-bond donors (Lipinski definition) is 4. The zero-order valence-corrected chi connectivity index (χ0v) is 25.9. The van der Waals surface area contributed by atoms with Gasteiger partial charge in [0.25, 0.3) is 0 Å². The van der Waals surface area contributed by atoms with E-state index in [0.717, 1.165) is 25.9 Å². The van der Waals surface area contributed by atoms with Crippen LogP contribution in [0, 0.1) is 46.3 Å². The Labute approximate surface area is 243 Å². The summed E-state index contributed by atoms with van der Waals surface area (Å²) < 4.78 is 6.66. The maximum absolute atomic E-state index is 11.9. The van der Waals surface area contributed by atoms with Gasteiger partial charge in [0.15, 0.2) is 0 Å². The molecule has 0 spiro atoms. The minimum Gasteiger partial charge on any atom is -0.481 e. The number of aliphatic hydroxyl groups is 3. The Hall–Kier alpha value is -0.690. The molecule has 4 N–H and O–H groups in total. The first kappa shape index (κ1) is 32.2. The molecule has 0 aromatic rings. The third-order valence-electron chi connectivity index (χ3n) is 12.7. The van der Waals surface area contributed by atoms with Crippen LogP contribution < -0.4 is 0 Å². The number of fused-ring (bicyclic) bond motifs is 5. The predicted molar refractivity (Wildman–Crippen MR) is 158 cm³/mol. The normalized spacial score (nSPS) is 43.5. The van der Waals surface area contributed by atoms with Crippen LogP contribution in [0.4, 0.5) is 0 Å². The van der Waals surface area contributed by atoms with E-state index < -0.39 is 24.3 Å². The zero-order chi connectivity index (χ0) is 29.1. The molecular weight excluding hydrogens is 504 g/mol. The number of unbranched alkanes of at least 4 members (excludes halogenated alkanes) is 7. The smallest absolute Gasteiger partial charge is 0.303 e. The average molecular weight is 565 g/mol. The quantitative estimate of drug-likeness (QED) is 0.177. The standard InChI is InChI=1S/C34H60O6/c1-5-6-7-8-9-10-11-12-17-40-30-20-24(35)18-23-19-28(36)32-26-15-14-25(22(2)13-16-31(38)39)34(26,4)29(37)21-27(32)33(23,30)3/h22-30,32,35-37H,5-21H2,1-4H3,(H,38,39). The zero-order valence-electron chi connectivity index (χ0n) is 25.9. The summed E-state index contributed by atoms with van der Waals surface area (Å²) in [6, 6.07) is 0. The third-order valence-corrected chi connectivity index (χ3v) is 12.7. The van der Waals surface area contributed by atoms with Crippen molar-refractivity contribution in [2.24, 2.45) is 46.3 Å². The SMILES string of the molecule is CCCCCCCCCCOC1CC(O)CC2CC(O)C3C(CC(O)C4(C)C(C(C)CCC(=O)O)CCC34)C21C. The molecule has 6 nitrogen and oxygen atoms in total. The number of ether oxygens (including phenoxy) is 1. The van der Waals surface area contributed by atoms with Crippen molar-refractivity contribution in [3.05, 3.63) is 0 Å². The highest BCUT2D eigenvalue weighted by Crippen LogP contribution is 2.68. The number of carboxylic acids is 1. The molecule has 0 saturated heterocycles. The van der Waals surface area contributed by atoms with Crippen molar-refractivity contribution in [3.63, 3.8) is 0 Å². The molecule has 4 saturated carbocycles. The molecule has 0 aromatic heterocycles. The molecule has 0 bridgehead atoms. The molecule has 4 fully saturated rings. The molecule has 0 aromatic carbocycles. The third kappa shape index (κ3) is 6.31. The van der Waals surface area contributed by atoms with Crippen LogP contribution in [0.1, 0.15) is 130 Å². The van der Waals surface area contributed by atoms with Crippen molar-refractivity contribution < 1.29 is 30.0 Å². The lowest BCUT2D eigenvalue weighted by Gasteiger charge is -2.65. The molecule has 4 rings (SSSR count). The van der Waals surface area contributed by atoms with Gasteiger partial charge >= 0.3 is 5.97 Å². The number of carboxylic acid groups (broad SMARTS) is 1. The minimum atomic E-state index is -0.755. The number of rotatable bonds is 14. The van der Waals surface area contributed by atoms with Gasteiger partial charge < -0.3 is 25.2 Å². The van der Waals surface area contributed by atoms with Crippen molar-refractivity contribution in [3.8, 4) is 0 Å². The van der Waals surface area contributed by atoms with Gasteiger partial charge in [-0.2, -0.15) is 0 Å². The van der Waals surface area contributed by atoms with E-state index in [0.29, 0.717) is 32.1 Å². The van der Waals surface area contributed by atoms with E-state index in [1.165, 1.54) is 44.9 Å². The molecule has 4 aliphatic rings. The van der Waals surface area contributed by atoms with Gasteiger partial charge in [-0.25, -0.2) is 0 Å². The van der Waals surface area contributed by atoms with Gasteiger partial charge in [0, 0.05) is 24.9 Å². The molecular formula is C34H60O6. The van der Waals surface area contributed by atoms with Gasteiger partial charge in [-0.3, -0.25) is 4.79 Å². The average Bonchev–Trinajstić information content (AvgIpc) is 3.26. The fraction of sp³-hybridized carbons (Fsp3) is 0.971. The fourth-order valence-electron chi connectivity index (χ4n) is 10.4. The van der Waals surface area contributed by atoms with Crippen LogP contribution >= 0.6 is 0 Å². The Morgan fingerprint density at radius 3 is 2.23 bits per heavy atom. The first-order chi connectivity index (χ1) is 19.0. The van der Waals surface area contributed by atoms with E-state index in [2.05, 4.69) is 27.7 Å². The highest BCUT2D eigenvalue weighted by atomic mass is 16.5. The minimum absolute atomic E-state index is 0.0472. The molecule has 0 amide bonds. The molecule has 4 aliphatic carbocycles. The fourth-order valence-corrected chi connectivity index (χ4v) is 10.4. The summed E-state index contributed by atoms with van der Waals surface area (Å²) in [7, 11) is 0. The van der Waals surface area contributed by atoms with Gasteiger partial charge in [0.2, 0.25) is 0 Å². The highest BCUT2D eigenvalue weighted by Gasteiger charge is 2.67. The van der Waals surface area contributed by atoms with Gasteiger partial charge in [0.1, 0.15) is 0 Å². The Kier molecular flexibility index (Phi) is 11.1. The maximum atomic E-state index is 11.9. The second-order valence-corrected chi connectivity index (χ2v) is 14.8. The lowest BCUT2D eigenvalue weighted by atomic mass is 9.42. The van der Waals surface area contributed by atoms with Crippen LogP contribution in [-0.2, 0) is 9.53 Å². The largest absolute Gasteiger partial charge is 0.481 e. The summed E-state index contributed by atoms with van der Waals surface area (Å²) in [5.41, 5.74) is -0.469. The molecule has 232 valence electrons. The van der Waals surface area contributed by atoms with E-state index in [1.807, 2.05) is 0 Å². The van der Waals surface area contributed by atoms with Gasteiger partial charge in [-0.1, -0.05) is 72.6 Å². The van der Waals surface area contributed by atoms with Crippen molar-refractivity contribution in [1.29, 1.82) is 0 Å². The second kappa shape index (κ2) is 13.7. The van der Waals surface area contributed by atoms with E-state index >= 15 is 0 Å². The summed E-state index contributed by atoms with van der Waals surface area (Å²) in [4.78, 5) is 11.3. The van der Waals surface area contributed by atoms with Crippen LogP contribution in [0.3, 0.4) is 0 Å². The van der Waals surface area contributed by atoms with E-state index in [-0.39, 0.29) is 58.9 Å². The second-order valence-electron chi connectivity index (χ2n) is 14.8. The maximum Gasteiger partial charge on any atom is 0.303 e. The lowest BCUT2D eigenvalue weighted by molar-refractivity contribution is -0.242. The van der Waals surface area contributed by atoms with Crippen LogP contribution in [0.25, 0.3) is 0 Å². The van der Waals surface area contributed by atoms with Crippen molar-refractivity contribution in [2.75, 3.05) is 6.61 Å². The first-order valence-corrected chi connectivity index (χ1v) is 16.9. The Morgan fingerprint density at radius 1 is 0.875 bits per heavy atom. The van der Waals surface area contributed by atoms with Gasteiger partial charge in [0.05, 0.1) is 24.4 Å². The molecule has 6 heteroatoms. The Bertz CT molecular complexity index is 818. The molecule has 40 heavy (non-hydrogen) atoms. The molecule has 12 unspecified atom stereocenters. The highest BCUT2D eigenvalue weighted by molar-refractivity contribution is 5.66. The van der Waals surface area contributed by atoms with Crippen molar-refractivity contribution >= 4 is 5.97 Å². The summed E-state index contributed by atoms with van der Waals surface area (Å²) in [6.45, 7) is 9.72. The van der Waals surface area contributed by atoms with Crippen LogP contribution in [0.2, 0.25) is 0 Å². The number of carbonyl (C=O) groups is 1. The number of hydrogen-bond acceptors (Lipinski definition) is 5. The Balaban J connectivity index is 1.45. The van der Waals surface area contributed by atoms with Crippen molar-refractivity contribution in [1.82, 2.24) is 0 Å². The van der Waals surface area contributed by atoms with Gasteiger partial charge in [-0.15, -0.1) is 0 Å². The summed E-state index contributed by atoms with van der Waals surface area (Å²) in [6.07, 6.45) is 14.3. The molecule has 0 radical (unpaired) electrons. The molecule has 0 aliphatic heterocycles. The molecule has 12 atom stereocenters. The topological polar surface area (TPSA) is 107 Å². The van der Waals surface area contributed by atoms with Crippen LogP contribution in [0.5, 0.6) is 0 Å². The molecule has 0 heterocycles. The van der Waals surface area contributed by atoms with Gasteiger partial charge in [-0.05, 0) is 85.9 Å². The van der Waals surface area contributed by atoms with E-state index in [1.54, 1.807) is 0 Å². The monoisotopic (exact) mass is 564 g/mol. The Morgan fingerprint density at radius 2 is 1.55 bits per heavy atom. The predicted octanol–water partition coefficient (Wildman–Crippen LogP) is 6.58. The summed E-state index contributed by atoms with van der Waals surface area (Å²) in [5, 5.41) is 43.6.